The highest BCUT2D eigenvalue weighted by atomic mass is 32.2. The Morgan fingerprint density at radius 2 is 1.82 bits per heavy atom. The second kappa shape index (κ2) is 9.56. The zero-order chi connectivity index (χ0) is 19.8. The molecule has 1 heterocycles. The van der Waals surface area contributed by atoms with Gasteiger partial charge in [-0.2, -0.15) is 0 Å². The first-order valence-corrected chi connectivity index (χ1v) is 9.24. The van der Waals surface area contributed by atoms with E-state index in [2.05, 4.69) is 15.5 Å². The number of amides is 1. The Kier molecular flexibility index (Phi) is 6.64. The fraction of sp³-hybridized carbons (Fsp3) is 0.158. The van der Waals surface area contributed by atoms with Crippen LogP contribution in [0.1, 0.15) is 16.2 Å². The van der Waals surface area contributed by atoms with Gasteiger partial charge < -0.3 is 19.2 Å². The number of aromatic nitrogens is 2. The number of esters is 1. The number of nitrogens with one attached hydrogen (secondary N) is 1. The monoisotopic (exact) mass is 399 g/mol. The molecule has 0 bridgehead atoms. The Morgan fingerprint density at radius 3 is 2.61 bits per heavy atom. The SMILES string of the molecule is COC(=O)c1ccccc1NC(=O)CSc1nnc(COc2ccccc2)o1. The van der Waals surface area contributed by atoms with Gasteiger partial charge in [0.25, 0.3) is 11.1 Å². The second-order valence-electron chi connectivity index (χ2n) is 5.44. The van der Waals surface area contributed by atoms with Crippen molar-refractivity contribution in [3.8, 4) is 5.75 Å². The van der Waals surface area contributed by atoms with E-state index in [0.717, 1.165) is 11.8 Å². The number of thioether (sulfide) groups is 1. The summed E-state index contributed by atoms with van der Waals surface area (Å²) in [5.74, 6) is 0.197. The highest BCUT2D eigenvalue weighted by Gasteiger charge is 2.15. The molecule has 144 valence electrons. The zero-order valence-electron chi connectivity index (χ0n) is 15.0. The van der Waals surface area contributed by atoms with Crippen molar-refractivity contribution in [1.82, 2.24) is 10.2 Å². The van der Waals surface area contributed by atoms with Gasteiger partial charge in [-0.1, -0.05) is 42.1 Å². The van der Waals surface area contributed by atoms with Gasteiger partial charge in [0, 0.05) is 0 Å². The smallest absolute Gasteiger partial charge is 0.339 e. The molecule has 0 saturated heterocycles. The molecule has 0 spiro atoms. The van der Waals surface area contributed by atoms with Gasteiger partial charge in [-0.3, -0.25) is 4.79 Å². The average molecular weight is 399 g/mol. The summed E-state index contributed by atoms with van der Waals surface area (Å²) in [7, 11) is 1.28. The van der Waals surface area contributed by atoms with E-state index in [-0.39, 0.29) is 29.1 Å². The molecule has 2 aromatic carbocycles. The second-order valence-corrected chi connectivity index (χ2v) is 6.36. The highest BCUT2D eigenvalue weighted by molar-refractivity contribution is 7.99. The molecule has 28 heavy (non-hydrogen) atoms. The van der Waals surface area contributed by atoms with E-state index in [1.165, 1.54) is 7.11 Å². The summed E-state index contributed by atoms with van der Waals surface area (Å²) < 4.78 is 15.7. The Bertz CT molecular complexity index is 946. The van der Waals surface area contributed by atoms with Gasteiger partial charge in [0.2, 0.25) is 5.91 Å². The number of nitrogens with zero attached hydrogens (tertiary/aromatic N) is 2. The molecule has 0 aliphatic rings. The molecule has 0 radical (unpaired) electrons. The summed E-state index contributed by atoms with van der Waals surface area (Å²) in [6.45, 7) is 0.135. The van der Waals surface area contributed by atoms with Gasteiger partial charge in [0.1, 0.15) is 5.75 Å². The molecule has 1 aromatic heterocycles. The van der Waals surface area contributed by atoms with Crippen molar-refractivity contribution in [2.45, 2.75) is 11.8 Å². The number of para-hydroxylation sites is 2. The third-order valence-electron chi connectivity index (χ3n) is 3.49. The lowest BCUT2D eigenvalue weighted by molar-refractivity contribution is -0.113. The number of anilines is 1. The molecular weight excluding hydrogens is 382 g/mol. The zero-order valence-corrected chi connectivity index (χ0v) is 15.8. The maximum Gasteiger partial charge on any atom is 0.339 e. The Balaban J connectivity index is 1.50. The minimum absolute atomic E-state index is 0.0384. The van der Waals surface area contributed by atoms with E-state index in [9.17, 15) is 9.59 Å². The van der Waals surface area contributed by atoms with Gasteiger partial charge in [0.15, 0.2) is 6.61 Å². The van der Waals surface area contributed by atoms with Crippen molar-refractivity contribution < 1.29 is 23.5 Å². The summed E-state index contributed by atoms with van der Waals surface area (Å²) in [6.07, 6.45) is 0. The molecule has 8 nitrogen and oxygen atoms in total. The number of methoxy groups -OCH3 is 1. The number of carbonyl (C=O) groups is 2. The van der Waals surface area contributed by atoms with Crippen LogP contribution in [0.3, 0.4) is 0 Å². The van der Waals surface area contributed by atoms with Crippen LogP contribution >= 0.6 is 11.8 Å². The van der Waals surface area contributed by atoms with Crippen LogP contribution in [0.25, 0.3) is 0 Å². The molecule has 1 amide bonds. The molecule has 0 aliphatic heterocycles. The van der Waals surface area contributed by atoms with E-state index < -0.39 is 5.97 Å². The summed E-state index contributed by atoms with van der Waals surface area (Å²) in [5.41, 5.74) is 0.656. The van der Waals surface area contributed by atoms with Crippen molar-refractivity contribution in [2.75, 3.05) is 18.2 Å². The summed E-state index contributed by atoms with van der Waals surface area (Å²) in [5, 5.41) is 10.7. The van der Waals surface area contributed by atoms with Crippen molar-refractivity contribution in [2.24, 2.45) is 0 Å². The topological polar surface area (TPSA) is 104 Å². The van der Waals surface area contributed by atoms with Gasteiger partial charge in [0.05, 0.1) is 24.1 Å². The lowest BCUT2D eigenvalue weighted by Gasteiger charge is -2.08. The first kappa shape index (κ1) is 19.4. The van der Waals surface area contributed by atoms with Crippen molar-refractivity contribution >= 4 is 29.3 Å². The molecule has 3 aromatic rings. The molecule has 0 saturated carbocycles. The number of hydrogen-bond donors (Lipinski definition) is 1. The predicted molar refractivity (Wildman–Crippen MR) is 102 cm³/mol. The normalized spacial score (nSPS) is 10.3. The van der Waals surface area contributed by atoms with Crippen LogP contribution in [0.15, 0.2) is 64.2 Å². The predicted octanol–water partition coefficient (Wildman–Crippen LogP) is 3.17. The molecule has 3 rings (SSSR count). The Labute approximate surface area is 165 Å². The quantitative estimate of drug-likeness (QED) is 0.455. The van der Waals surface area contributed by atoms with E-state index in [0.29, 0.717) is 17.3 Å². The number of rotatable bonds is 8. The third kappa shape index (κ3) is 5.34. The number of benzene rings is 2. The highest BCUT2D eigenvalue weighted by Crippen LogP contribution is 2.20. The minimum Gasteiger partial charge on any atom is -0.484 e. The number of carbonyl (C=O) groups excluding carboxylic acids is 2. The fourth-order valence-electron chi connectivity index (χ4n) is 2.21. The van der Waals surface area contributed by atoms with E-state index in [1.54, 1.807) is 24.3 Å². The third-order valence-corrected chi connectivity index (χ3v) is 4.31. The number of hydrogen-bond acceptors (Lipinski definition) is 8. The first-order valence-electron chi connectivity index (χ1n) is 8.26. The van der Waals surface area contributed by atoms with Crippen molar-refractivity contribution in [3.63, 3.8) is 0 Å². The van der Waals surface area contributed by atoms with Crippen LogP contribution in [-0.4, -0.2) is 34.9 Å². The molecule has 0 fully saturated rings. The maximum atomic E-state index is 12.2. The van der Waals surface area contributed by atoms with Gasteiger partial charge in [-0.15, -0.1) is 10.2 Å². The van der Waals surface area contributed by atoms with E-state index >= 15 is 0 Å². The van der Waals surface area contributed by atoms with Gasteiger partial charge in [-0.25, -0.2) is 4.79 Å². The van der Waals surface area contributed by atoms with E-state index in [4.69, 9.17) is 13.9 Å². The van der Waals surface area contributed by atoms with Crippen molar-refractivity contribution in [1.29, 1.82) is 0 Å². The van der Waals surface area contributed by atoms with Crippen LogP contribution in [0, 0.1) is 0 Å². The minimum atomic E-state index is -0.525. The van der Waals surface area contributed by atoms with Crippen LogP contribution in [-0.2, 0) is 16.1 Å². The summed E-state index contributed by atoms with van der Waals surface area (Å²) in [4.78, 5) is 23.9. The van der Waals surface area contributed by atoms with Crippen molar-refractivity contribution in [3.05, 3.63) is 66.1 Å². The summed E-state index contributed by atoms with van der Waals surface area (Å²) >= 11 is 1.09. The Morgan fingerprint density at radius 1 is 1.07 bits per heavy atom. The largest absolute Gasteiger partial charge is 0.484 e. The lowest BCUT2D eigenvalue weighted by Crippen LogP contribution is -2.17. The van der Waals surface area contributed by atoms with Crippen LogP contribution in [0.2, 0.25) is 0 Å². The Hall–Kier alpha value is -3.33. The number of ether oxygens (including phenoxy) is 2. The molecule has 0 unspecified atom stereocenters. The molecule has 9 heteroatoms. The molecule has 0 aliphatic carbocycles. The fourth-order valence-corrected chi connectivity index (χ4v) is 2.79. The van der Waals surface area contributed by atoms with Gasteiger partial charge >= 0.3 is 5.97 Å². The average Bonchev–Trinajstić information content (AvgIpc) is 3.19. The standard InChI is InChI=1S/C19H17N3O5S/c1-25-18(24)14-9-5-6-10-15(14)20-16(23)12-28-19-22-21-17(27-19)11-26-13-7-3-2-4-8-13/h2-10H,11-12H2,1H3,(H,20,23). The first-order chi connectivity index (χ1) is 13.7. The lowest BCUT2D eigenvalue weighted by atomic mass is 10.2. The molecule has 0 atom stereocenters. The molecular formula is C19H17N3O5S. The molecule has 1 N–H and O–H groups in total. The van der Waals surface area contributed by atoms with Crippen LogP contribution in [0.4, 0.5) is 5.69 Å². The van der Waals surface area contributed by atoms with Crippen LogP contribution in [0.5, 0.6) is 5.75 Å². The van der Waals surface area contributed by atoms with E-state index in [1.807, 2.05) is 30.3 Å². The van der Waals surface area contributed by atoms with Gasteiger partial charge in [-0.05, 0) is 24.3 Å². The van der Waals surface area contributed by atoms with Crippen LogP contribution < -0.4 is 10.1 Å². The summed E-state index contributed by atoms with van der Waals surface area (Å²) in [6, 6.07) is 15.9. The maximum absolute atomic E-state index is 12.2.